The summed E-state index contributed by atoms with van der Waals surface area (Å²) in [6.07, 6.45) is 2.92. The maximum Gasteiger partial charge on any atom is 0.0539 e. The zero-order valence-electron chi connectivity index (χ0n) is 13.5. The van der Waals surface area contributed by atoms with Crippen molar-refractivity contribution in [3.05, 3.63) is 72.8 Å². The average molecular weight is 327 g/mol. The van der Waals surface area contributed by atoms with Crippen LogP contribution in [0.25, 0.3) is 42.0 Å². The van der Waals surface area contributed by atoms with Crippen LogP contribution in [0.2, 0.25) is 0 Å². The van der Waals surface area contributed by atoms with Crippen molar-refractivity contribution in [3.8, 4) is 0 Å². The van der Waals surface area contributed by atoms with Gasteiger partial charge in [-0.3, -0.25) is 0 Å². The molecule has 0 bridgehead atoms. The lowest BCUT2D eigenvalue weighted by Crippen LogP contribution is -1.92. The monoisotopic (exact) mass is 327 g/mol. The number of fused-ring (bicyclic) bond motifs is 6. The van der Waals surface area contributed by atoms with Gasteiger partial charge in [0.1, 0.15) is 0 Å². The fourth-order valence-corrected chi connectivity index (χ4v) is 5.19. The van der Waals surface area contributed by atoms with Crippen LogP contribution >= 0.6 is 11.3 Å². The first-order chi connectivity index (χ1) is 11.8. The van der Waals surface area contributed by atoms with Gasteiger partial charge in [0.15, 0.2) is 0 Å². The van der Waals surface area contributed by atoms with Gasteiger partial charge < -0.3 is 4.57 Å². The van der Waals surface area contributed by atoms with Crippen LogP contribution in [0.4, 0.5) is 0 Å². The molecule has 0 amide bonds. The Morgan fingerprint density at radius 1 is 0.958 bits per heavy atom. The minimum Gasteiger partial charge on any atom is -0.343 e. The van der Waals surface area contributed by atoms with E-state index in [0.29, 0.717) is 0 Å². The molecular formula is C22H17NS. The van der Waals surface area contributed by atoms with E-state index in [2.05, 4.69) is 72.8 Å². The van der Waals surface area contributed by atoms with Gasteiger partial charge in [0.05, 0.1) is 5.52 Å². The second-order valence-corrected chi connectivity index (χ2v) is 7.35. The van der Waals surface area contributed by atoms with Gasteiger partial charge in [0, 0.05) is 43.5 Å². The second kappa shape index (κ2) is 4.96. The van der Waals surface area contributed by atoms with Crippen LogP contribution in [0.5, 0.6) is 0 Å². The largest absolute Gasteiger partial charge is 0.343 e. The summed E-state index contributed by atoms with van der Waals surface area (Å²) < 4.78 is 5.10. The number of hydrogen-bond acceptors (Lipinski definition) is 1. The Morgan fingerprint density at radius 3 is 2.54 bits per heavy atom. The summed E-state index contributed by atoms with van der Waals surface area (Å²) in [5, 5.41) is 5.41. The summed E-state index contributed by atoms with van der Waals surface area (Å²) in [6, 6.07) is 19.8. The molecule has 2 heterocycles. The highest BCUT2D eigenvalue weighted by Gasteiger charge is 2.17. The number of benzene rings is 3. The van der Waals surface area contributed by atoms with Crippen molar-refractivity contribution < 1.29 is 0 Å². The third-order valence-corrected chi connectivity index (χ3v) is 6.22. The molecule has 3 aromatic carbocycles. The summed E-state index contributed by atoms with van der Waals surface area (Å²) in [4.78, 5) is 0. The lowest BCUT2D eigenvalue weighted by Gasteiger charge is -2.06. The highest BCUT2D eigenvalue weighted by atomic mass is 32.1. The molecule has 116 valence electrons. The first-order valence-electron chi connectivity index (χ1n) is 8.20. The molecule has 0 saturated carbocycles. The number of rotatable bonds is 2. The van der Waals surface area contributed by atoms with E-state index < -0.39 is 0 Å². The van der Waals surface area contributed by atoms with Gasteiger partial charge in [-0.1, -0.05) is 42.5 Å². The predicted octanol–water partition coefficient (Wildman–Crippen LogP) is 6.43. The summed E-state index contributed by atoms with van der Waals surface area (Å²) in [7, 11) is 2.18. The third kappa shape index (κ3) is 1.69. The molecular weight excluding hydrogens is 310 g/mol. The summed E-state index contributed by atoms with van der Waals surface area (Å²) in [5.74, 6) is 0. The molecule has 0 aliphatic rings. The number of nitrogens with zero attached hydrogens (tertiary/aromatic N) is 1. The van der Waals surface area contributed by atoms with Crippen LogP contribution in [0.1, 0.15) is 5.56 Å². The first kappa shape index (κ1) is 13.8. The molecule has 5 rings (SSSR count). The lowest BCUT2D eigenvalue weighted by atomic mass is 10.0. The van der Waals surface area contributed by atoms with Crippen LogP contribution in [-0.4, -0.2) is 4.57 Å². The third-order valence-electron chi connectivity index (χ3n) is 4.98. The molecule has 0 unspecified atom stereocenters. The molecule has 1 nitrogen and oxygen atoms in total. The van der Waals surface area contributed by atoms with Crippen molar-refractivity contribution in [1.29, 1.82) is 0 Å². The number of para-hydroxylation sites is 1. The smallest absolute Gasteiger partial charge is 0.0539 e. The highest BCUT2D eigenvalue weighted by Crippen LogP contribution is 2.42. The zero-order chi connectivity index (χ0) is 16.3. The lowest BCUT2D eigenvalue weighted by molar-refractivity contribution is 1.01. The van der Waals surface area contributed by atoms with Gasteiger partial charge in [-0.05, 0) is 30.2 Å². The topological polar surface area (TPSA) is 4.93 Å². The van der Waals surface area contributed by atoms with Gasteiger partial charge >= 0.3 is 0 Å². The molecule has 0 radical (unpaired) electrons. The Balaban J connectivity index is 2.11. The highest BCUT2D eigenvalue weighted by molar-refractivity contribution is 7.26. The van der Waals surface area contributed by atoms with Crippen molar-refractivity contribution in [1.82, 2.24) is 4.57 Å². The Kier molecular flexibility index (Phi) is 2.85. The van der Waals surface area contributed by atoms with Crippen LogP contribution in [-0.2, 0) is 13.5 Å². The Labute approximate surface area is 144 Å². The van der Waals surface area contributed by atoms with Gasteiger partial charge in [-0.15, -0.1) is 17.9 Å². The van der Waals surface area contributed by atoms with Crippen molar-refractivity contribution in [3.63, 3.8) is 0 Å². The van der Waals surface area contributed by atoms with Gasteiger partial charge in [-0.2, -0.15) is 0 Å². The minimum atomic E-state index is 0.894. The summed E-state index contributed by atoms with van der Waals surface area (Å²) >= 11 is 1.90. The predicted molar refractivity (Wildman–Crippen MR) is 107 cm³/mol. The number of aryl methyl sites for hydroxylation is 1. The van der Waals surface area contributed by atoms with E-state index in [0.717, 1.165) is 6.42 Å². The Hall–Kier alpha value is -2.58. The Morgan fingerprint density at radius 2 is 1.71 bits per heavy atom. The van der Waals surface area contributed by atoms with E-state index in [1.165, 1.54) is 47.5 Å². The fourth-order valence-electron chi connectivity index (χ4n) is 3.95. The fraction of sp³-hybridized carbons (Fsp3) is 0.0909. The molecule has 24 heavy (non-hydrogen) atoms. The van der Waals surface area contributed by atoms with E-state index in [9.17, 15) is 0 Å². The quantitative estimate of drug-likeness (QED) is 0.329. The van der Waals surface area contributed by atoms with Crippen LogP contribution in [0.3, 0.4) is 0 Å². The van der Waals surface area contributed by atoms with Crippen LogP contribution in [0, 0.1) is 0 Å². The number of aromatic nitrogens is 1. The molecule has 0 spiro atoms. The van der Waals surface area contributed by atoms with Gasteiger partial charge in [0.2, 0.25) is 0 Å². The molecule has 0 N–H and O–H groups in total. The van der Waals surface area contributed by atoms with Gasteiger partial charge in [-0.25, -0.2) is 0 Å². The number of hydrogen-bond donors (Lipinski definition) is 0. The molecule has 0 aliphatic carbocycles. The molecule has 0 aliphatic heterocycles. The first-order valence-corrected chi connectivity index (χ1v) is 9.02. The van der Waals surface area contributed by atoms with Crippen LogP contribution < -0.4 is 0 Å². The Bertz CT molecular complexity index is 1250. The van der Waals surface area contributed by atoms with E-state index in [1.54, 1.807) is 0 Å². The second-order valence-electron chi connectivity index (χ2n) is 6.30. The van der Waals surface area contributed by atoms with E-state index in [4.69, 9.17) is 0 Å². The molecule has 2 aromatic heterocycles. The van der Waals surface area contributed by atoms with Crippen LogP contribution in [0.15, 0.2) is 67.3 Å². The molecule has 2 heteroatoms. The van der Waals surface area contributed by atoms with Crippen molar-refractivity contribution in [2.45, 2.75) is 6.42 Å². The molecule has 0 fully saturated rings. The summed E-state index contributed by atoms with van der Waals surface area (Å²) in [5.41, 5.74) is 4.03. The van der Waals surface area contributed by atoms with Crippen molar-refractivity contribution in [2.75, 3.05) is 0 Å². The average Bonchev–Trinajstić information content (AvgIpc) is 3.12. The molecule has 0 saturated heterocycles. The zero-order valence-corrected chi connectivity index (χ0v) is 14.4. The maximum absolute atomic E-state index is 4.00. The number of allylic oxidation sites excluding steroid dienone is 1. The minimum absolute atomic E-state index is 0.894. The van der Waals surface area contributed by atoms with E-state index in [-0.39, 0.29) is 0 Å². The van der Waals surface area contributed by atoms with Gasteiger partial charge in [0.25, 0.3) is 0 Å². The van der Waals surface area contributed by atoms with E-state index in [1.807, 2.05) is 17.4 Å². The van der Waals surface area contributed by atoms with Crippen molar-refractivity contribution >= 4 is 53.3 Å². The summed E-state index contributed by atoms with van der Waals surface area (Å²) in [6.45, 7) is 4.00. The normalized spacial score (nSPS) is 11.9. The molecule has 5 aromatic rings. The van der Waals surface area contributed by atoms with Crippen molar-refractivity contribution in [2.24, 2.45) is 7.05 Å². The van der Waals surface area contributed by atoms with E-state index >= 15 is 0 Å². The SMILES string of the molecule is C=CCc1c2sc3ccccc3c2cc2c3ccccc3n(C)c12. The number of thiophene rings is 1. The maximum atomic E-state index is 4.00. The standard InChI is InChI=1S/C22H17NS/c1-3-8-16-21-17(14-9-4-6-11-19(14)23(21)2)13-18-15-10-5-7-12-20(15)24-22(16)18/h3-7,9-13H,1,8H2,2H3. The molecule has 0 atom stereocenters.